The summed E-state index contributed by atoms with van der Waals surface area (Å²) in [7, 11) is 0. The zero-order valence-corrected chi connectivity index (χ0v) is 14.9. The predicted molar refractivity (Wildman–Crippen MR) is 98.5 cm³/mol. The molecule has 0 bridgehead atoms. The highest BCUT2D eigenvalue weighted by Crippen LogP contribution is 2.38. The van der Waals surface area contributed by atoms with Crippen molar-refractivity contribution in [1.29, 1.82) is 0 Å². The molecule has 0 aliphatic carbocycles. The molecule has 1 unspecified atom stereocenters. The number of aromatic nitrogens is 1. The second-order valence-electron chi connectivity index (χ2n) is 6.01. The van der Waals surface area contributed by atoms with Crippen molar-refractivity contribution in [3.63, 3.8) is 0 Å². The molecule has 1 aromatic heterocycles. The SMILES string of the molecule is CSCCC(=O)NCC1Cc2cc(C)cc(-c3ccccn3)c2O1. The Kier molecular flexibility index (Phi) is 5.41. The Hall–Kier alpha value is -2.01. The molecule has 24 heavy (non-hydrogen) atoms. The van der Waals surface area contributed by atoms with Gasteiger partial charge in [0, 0.05) is 30.4 Å². The van der Waals surface area contributed by atoms with E-state index in [9.17, 15) is 4.79 Å². The highest BCUT2D eigenvalue weighted by Gasteiger charge is 2.27. The minimum Gasteiger partial charge on any atom is -0.487 e. The van der Waals surface area contributed by atoms with E-state index in [0.29, 0.717) is 13.0 Å². The summed E-state index contributed by atoms with van der Waals surface area (Å²) in [5.41, 5.74) is 4.34. The molecule has 1 atom stereocenters. The fourth-order valence-electron chi connectivity index (χ4n) is 2.93. The zero-order chi connectivity index (χ0) is 16.9. The summed E-state index contributed by atoms with van der Waals surface area (Å²) in [5.74, 6) is 1.84. The standard InChI is InChI=1S/C19H22N2O2S/c1-13-9-14-11-15(12-21-18(22)6-8-24-2)23-19(14)16(10-13)17-5-3-4-7-20-17/h3-5,7,9-10,15H,6,8,11-12H2,1-2H3,(H,21,22). The van der Waals surface area contributed by atoms with E-state index < -0.39 is 0 Å². The molecule has 0 saturated carbocycles. The third kappa shape index (κ3) is 3.90. The van der Waals surface area contributed by atoms with Crippen molar-refractivity contribution in [1.82, 2.24) is 10.3 Å². The van der Waals surface area contributed by atoms with Gasteiger partial charge in [0.05, 0.1) is 12.2 Å². The molecule has 4 nitrogen and oxygen atoms in total. The van der Waals surface area contributed by atoms with Crippen LogP contribution in [0.25, 0.3) is 11.3 Å². The van der Waals surface area contributed by atoms with E-state index in [-0.39, 0.29) is 12.0 Å². The Morgan fingerprint density at radius 2 is 2.29 bits per heavy atom. The number of rotatable bonds is 6. The van der Waals surface area contributed by atoms with Crippen molar-refractivity contribution in [3.8, 4) is 17.0 Å². The molecule has 2 heterocycles. The molecule has 1 aliphatic heterocycles. The van der Waals surface area contributed by atoms with Crippen molar-refractivity contribution in [2.75, 3.05) is 18.6 Å². The Morgan fingerprint density at radius 3 is 3.04 bits per heavy atom. The smallest absolute Gasteiger partial charge is 0.220 e. The molecule has 2 aromatic rings. The summed E-state index contributed by atoms with van der Waals surface area (Å²) < 4.78 is 6.14. The molecule has 3 rings (SSSR count). The maximum atomic E-state index is 11.8. The lowest BCUT2D eigenvalue weighted by atomic mass is 10.0. The first-order valence-electron chi connectivity index (χ1n) is 8.14. The van der Waals surface area contributed by atoms with Crippen LogP contribution in [0, 0.1) is 6.92 Å². The summed E-state index contributed by atoms with van der Waals surface area (Å²) in [6.07, 6.45) is 5.16. The van der Waals surface area contributed by atoms with E-state index in [4.69, 9.17) is 4.74 Å². The van der Waals surface area contributed by atoms with Crippen LogP contribution in [0.4, 0.5) is 0 Å². The molecule has 0 radical (unpaired) electrons. The molecule has 126 valence electrons. The summed E-state index contributed by atoms with van der Waals surface area (Å²) in [6.45, 7) is 2.63. The topological polar surface area (TPSA) is 51.2 Å². The molecule has 0 saturated heterocycles. The number of hydrogen-bond donors (Lipinski definition) is 1. The number of nitrogens with one attached hydrogen (secondary N) is 1. The minimum atomic E-state index is -0.0116. The average molecular weight is 342 g/mol. The van der Waals surface area contributed by atoms with E-state index in [1.165, 1.54) is 11.1 Å². The van der Waals surface area contributed by atoms with Gasteiger partial charge in [-0.15, -0.1) is 0 Å². The largest absolute Gasteiger partial charge is 0.487 e. The van der Waals surface area contributed by atoms with Crippen molar-refractivity contribution in [3.05, 3.63) is 47.7 Å². The number of carbonyl (C=O) groups is 1. The second-order valence-corrected chi connectivity index (χ2v) is 6.99. The lowest BCUT2D eigenvalue weighted by Crippen LogP contribution is -2.34. The van der Waals surface area contributed by atoms with Gasteiger partial charge in [-0.3, -0.25) is 9.78 Å². The van der Waals surface area contributed by atoms with Crippen LogP contribution in [0.15, 0.2) is 36.5 Å². The Labute approximate surface area is 147 Å². The second kappa shape index (κ2) is 7.71. The van der Waals surface area contributed by atoms with Crippen LogP contribution in [-0.4, -0.2) is 35.5 Å². The van der Waals surface area contributed by atoms with Gasteiger partial charge in [-0.25, -0.2) is 0 Å². The Bertz CT molecular complexity index is 719. The summed E-state index contributed by atoms with van der Waals surface area (Å²) in [4.78, 5) is 16.2. The number of amides is 1. The van der Waals surface area contributed by atoms with Crippen LogP contribution < -0.4 is 10.1 Å². The van der Waals surface area contributed by atoms with Crippen molar-refractivity contribution in [2.24, 2.45) is 0 Å². The first-order valence-corrected chi connectivity index (χ1v) is 9.54. The average Bonchev–Trinajstić information content (AvgIpc) is 3.00. The van der Waals surface area contributed by atoms with E-state index in [2.05, 4.69) is 29.4 Å². The number of ether oxygens (including phenoxy) is 1. The van der Waals surface area contributed by atoms with E-state index >= 15 is 0 Å². The van der Waals surface area contributed by atoms with Crippen molar-refractivity contribution >= 4 is 17.7 Å². The Morgan fingerprint density at radius 1 is 1.42 bits per heavy atom. The lowest BCUT2D eigenvalue weighted by molar-refractivity contribution is -0.121. The first kappa shape index (κ1) is 16.8. The molecule has 1 N–H and O–H groups in total. The normalized spacial score (nSPS) is 15.7. The zero-order valence-electron chi connectivity index (χ0n) is 14.0. The van der Waals surface area contributed by atoms with Crippen LogP contribution >= 0.6 is 11.8 Å². The van der Waals surface area contributed by atoms with E-state index in [1.54, 1.807) is 18.0 Å². The van der Waals surface area contributed by atoms with Gasteiger partial charge in [0.25, 0.3) is 0 Å². The van der Waals surface area contributed by atoms with Crippen molar-refractivity contribution in [2.45, 2.75) is 25.9 Å². The third-order valence-corrected chi connectivity index (χ3v) is 4.66. The Balaban J connectivity index is 1.72. The molecule has 1 amide bonds. The molecule has 1 aliphatic rings. The fourth-order valence-corrected chi connectivity index (χ4v) is 3.32. The van der Waals surface area contributed by atoms with Gasteiger partial charge < -0.3 is 10.1 Å². The molecule has 5 heteroatoms. The van der Waals surface area contributed by atoms with Gasteiger partial charge in [0.1, 0.15) is 11.9 Å². The van der Waals surface area contributed by atoms with Gasteiger partial charge >= 0.3 is 0 Å². The number of carbonyl (C=O) groups excluding carboxylic acids is 1. The number of thioether (sulfide) groups is 1. The molecule has 0 fully saturated rings. The van der Waals surface area contributed by atoms with Crippen LogP contribution in [0.2, 0.25) is 0 Å². The highest BCUT2D eigenvalue weighted by molar-refractivity contribution is 7.98. The first-order chi connectivity index (χ1) is 11.7. The fraction of sp³-hybridized carbons (Fsp3) is 0.368. The van der Waals surface area contributed by atoms with Gasteiger partial charge in [0.2, 0.25) is 5.91 Å². The number of fused-ring (bicyclic) bond motifs is 1. The van der Waals surface area contributed by atoms with Crippen LogP contribution in [0.5, 0.6) is 5.75 Å². The number of aryl methyl sites for hydroxylation is 1. The monoisotopic (exact) mass is 342 g/mol. The van der Waals surface area contributed by atoms with Gasteiger partial charge in [-0.2, -0.15) is 11.8 Å². The maximum absolute atomic E-state index is 11.8. The quantitative estimate of drug-likeness (QED) is 0.876. The van der Waals surface area contributed by atoms with E-state index in [1.807, 2.05) is 24.5 Å². The molecular weight excluding hydrogens is 320 g/mol. The molecule has 0 spiro atoms. The van der Waals surface area contributed by atoms with Gasteiger partial charge in [-0.05, 0) is 42.5 Å². The van der Waals surface area contributed by atoms with Crippen LogP contribution in [0.1, 0.15) is 17.5 Å². The minimum absolute atomic E-state index is 0.0116. The van der Waals surface area contributed by atoms with Gasteiger partial charge in [0.15, 0.2) is 0 Å². The highest BCUT2D eigenvalue weighted by atomic mass is 32.2. The van der Waals surface area contributed by atoms with Crippen LogP contribution in [0.3, 0.4) is 0 Å². The number of benzene rings is 1. The summed E-state index contributed by atoms with van der Waals surface area (Å²) in [6, 6.07) is 10.2. The van der Waals surface area contributed by atoms with Gasteiger partial charge in [-0.1, -0.05) is 12.1 Å². The molecular formula is C19H22N2O2S. The summed E-state index contributed by atoms with van der Waals surface area (Å²) >= 11 is 1.68. The number of hydrogen-bond acceptors (Lipinski definition) is 4. The predicted octanol–water partition coefficient (Wildman–Crippen LogP) is 3.23. The number of nitrogens with zero attached hydrogens (tertiary/aromatic N) is 1. The third-order valence-electron chi connectivity index (χ3n) is 4.04. The maximum Gasteiger partial charge on any atom is 0.220 e. The lowest BCUT2D eigenvalue weighted by Gasteiger charge is -2.13. The van der Waals surface area contributed by atoms with Crippen LogP contribution in [-0.2, 0) is 11.2 Å². The van der Waals surface area contributed by atoms with E-state index in [0.717, 1.165) is 29.2 Å². The summed E-state index contributed by atoms with van der Waals surface area (Å²) in [5, 5.41) is 2.98. The molecule has 1 aromatic carbocycles. The number of pyridine rings is 1. The van der Waals surface area contributed by atoms with Crippen molar-refractivity contribution < 1.29 is 9.53 Å².